The number of halogens is 1. The molecule has 0 amide bonds. The molecule has 0 aliphatic heterocycles. The predicted octanol–water partition coefficient (Wildman–Crippen LogP) is 3.83. The van der Waals surface area contributed by atoms with Crippen LogP contribution in [0.3, 0.4) is 0 Å². The summed E-state index contributed by atoms with van der Waals surface area (Å²) in [6.45, 7) is 5.88. The van der Waals surface area contributed by atoms with Crippen LogP contribution in [0.2, 0.25) is 5.15 Å². The number of carbonyl (C=O) groups excluding carboxylic acids is 1. The second-order valence-corrected chi connectivity index (χ2v) is 6.35. The molecule has 4 heteroatoms. The standard InChI is InChI=1S/C17H17ClN2O/c1-10-4-5-13(19-9-10)17(3)7-6-12-15(16(17)21)11(2)8-14(18)20-12/h4-5,8-9H,6-7H2,1-3H3. The zero-order valence-electron chi connectivity index (χ0n) is 12.4. The van der Waals surface area contributed by atoms with Crippen LogP contribution >= 0.6 is 11.6 Å². The van der Waals surface area contributed by atoms with Crippen LogP contribution in [0, 0.1) is 13.8 Å². The topological polar surface area (TPSA) is 42.9 Å². The molecule has 2 aromatic rings. The van der Waals surface area contributed by atoms with Gasteiger partial charge in [0.2, 0.25) is 0 Å². The molecule has 0 aromatic carbocycles. The zero-order chi connectivity index (χ0) is 15.2. The maximum absolute atomic E-state index is 13.0. The lowest BCUT2D eigenvalue weighted by Crippen LogP contribution is -2.39. The zero-order valence-corrected chi connectivity index (χ0v) is 13.2. The van der Waals surface area contributed by atoms with E-state index in [9.17, 15) is 4.79 Å². The highest BCUT2D eigenvalue weighted by molar-refractivity contribution is 6.29. The van der Waals surface area contributed by atoms with Gasteiger partial charge >= 0.3 is 0 Å². The van der Waals surface area contributed by atoms with Crippen LogP contribution in [0.25, 0.3) is 0 Å². The number of carbonyl (C=O) groups is 1. The highest BCUT2D eigenvalue weighted by Crippen LogP contribution is 2.38. The van der Waals surface area contributed by atoms with Gasteiger partial charge in [-0.3, -0.25) is 9.78 Å². The third-order valence-electron chi connectivity index (χ3n) is 4.33. The Morgan fingerprint density at radius 1 is 1.29 bits per heavy atom. The van der Waals surface area contributed by atoms with E-state index in [0.29, 0.717) is 11.6 Å². The van der Waals surface area contributed by atoms with Crippen molar-refractivity contribution in [2.75, 3.05) is 0 Å². The molecule has 3 nitrogen and oxygen atoms in total. The maximum Gasteiger partial charge on any atom is 0.176 e. The number of Topliss-reactive ketones (excluding diaryl/α,β-unsaturated/α-hetero) is 1. The van der Waals surface area contributed by atoms with Crippen molar-refractivity contribution in [2.45, 2.75) is 39.0 Å². The lowest BCUT2D eigenvalue weighted by Gasteiger charge is -2.33. The summed E-state index contributed by atoms with van der Waals surface area (Å²) in [4.78, 5) is 21.8. The Morgan fingerprint density at radius 2 is 2.05 bits per heavy atom. The number of hydrogen-bond acceptors (Lipinski definition) is 3. The van der Waals surface area contributed by atoms with Gasteiger partial charge in [0.1, 0.15) is 5.15 Å². The Bertz CT molecular complexity index is 724. The van der Waals surface area contributed by atoms with Crippen molar-refractivity contribution in [3.63, 3.8) is 0 Å². The molecule has 108 valence electrons. The molecule has 1 atom stereocenters. The van der Waals surface area contributed by atoms with Gasteiger partial charge in [-0.15, -0.1) is 0 Å². The van der Waals surface area contributed by atoms with Crippen LogP contribution in [0.5, 0.6) is 0 Å². The van der Waals surface area contributed by atoms with Crippen molar-refractivity contribution in [3.05, 3.63) is 57.6 Å². The van der Waals surface area contributed by atoms with Gasteiger partial charge in [0.05, 0.1) is 16.8 Å². The van der Waals surface area contributed by atoms with Crippen LogP contribution in [0.4, 0.5) is 0 Å². The number of nitrogens with zero attached hydrogens (tertiary/aromatic N) is 2. The summed E-state index contributed by atoms with van der Waals surface area (Å²) in [5.41, 5.74) is 3.77. The van der Waals surface area contributed by atoms with E-state index in [1.54, 1.807) is 6.07 Å². The number of rotatable bonds is 1. The summed E-state index contributed by atoms with van der Waals surface area (Å²) < 4.78 is 0. The summed E-state index contributed by atoms with van der Waals surface area (Å²) in [5.74, 6) is 0.0989. The first-order chi connectivity index (χ1) is 9.91. The fraction of sp³-hybridized carbons (Fsp3) is 0.353. The molecule has 0 saturated heterocycles. The fourth-order valence-electron chi connectivity index (χ4n) is 2.98. The monoisotopic (exact) mass is 300 g/mol. The summed E-state index contributed by atoms with van der Waals surface area (Å²) in [6, 6.07) is 5.72. The molecule has 1 unspecified atom stereocenters. The second-order valence-electron chi connectivity index (χ2n) is 5.97. The largest absolute Gasteiger partial charge is 0.293 e. The van der Waals surface area contributed by atoms with Crippen molar-refractivity contribution in [1.29, 1.82) is 0 Å². The van der Waals surface area contributed by atoms with Gasteiger partial charge in [0.15, 0.2) is 5.78 Å². The molecule has 1 aliphatic carbocycles. The number of aryl methyl sites for hydroxylation is 3. The van der Waals surface area contributed by atoms with Crippen molar-refractivity contribution in [1.82, 2.24) is 9.97 Å². The molecule has 3 rings (SSSR count). The van der Waals surface area contributed by atoms with Crippen molar-refractivity contribution < 1.29 is 4.79 Å². The van der Waals surface area contributed by atoms with Gasteiger partial charge in [-0.1, -0.05) is 17.7 Å². The van der Waals surface area contributed by atoms with E-state index in [4.69, 9.17) is 11.6 Å². The van der Waals surface area contributed by atoms with Gasteiger partial charge < -0.3 is 0 Å². The van der Waals surface area contributed by atoms with E-state index in [1.165, 1.54) is 0 Å². The van der Waals surface area contributed by atoms with Gasteiger partial charge in [-0.25, -0.2) is 4.98 Å². The van der Waals surface area contributed by atoms with Crippen LogP contribution in [0.15, 0.2) is 24.4 Å². The molecular weight excluding hydrogens is 284 g/mol. The smallest absolute Gasteiger partial charge is 0.176 e. The predicted molar refractivity (Wildman–Crippen MR) is 83.0 cm³/mol. The summed E-state index contributed by atoms with van der Waals surface area (Å²) in [7, 11) is 0. The van der Waals surface area contributed by atoms with Gasteiger partial charge in [0.25, 0.3) is 0 Å². The van der Waals surface area contributed by atoms with E-state index in [0.717, 1.165) is 34.5 Å². The lowest BCUT2D eigenvalue weighted by atomic mass is 9.70. The minimum Gasteiger partial charge on any atom is -0.293 e. The quantitative estimate of drug-likeness (QED) is 0.752. The molecule has 0 spiro atoms. The Balaban J connectivity index is 2.11. The van der Waals surface area contributed by atoms with E-state index in [1.807, 2.05) is 39.1 Å². The van der Waals surface area contributed by atoms with Crippen LogP contribution in [-0.4, -0.2) is 15.8 Å². The lowest BCUT2D eigenvalue weighted by molar-refractivity contribution is 0.0870. The number of hydrogen-bond donors (Lipinski definition) is 0. The van der Waals surface area contributed by atoms with Crippen molar-refractivity contribution >= 4 is 17.4 Å². The Kier molecular flexibility index (Phi) is 3.33. The minimum atomic E-state index is -0.582. The van der Waals surface area contributed by atoms with Gasteiger partial charge in [-0.2, -0.15) is 0 Å². The molecule has 0 radical (unpaired) electrons. The third kappa shape index (κ3) is 2.26. The van der Waals surface area contributed by atoms with E-state index < -0.39 is 5.41 Å². The number of pyridine rings is 2. The molecule has 0 fully saturated rings. The average Bonchev–Trinajstić information content (AvgIpc) is 2.43. The Hall–Kier alpha value is -1.74. The molecule has 0 bridgehead atoms. The number of ketones is 1. The molecule has 2 aromatic heterocycles. The Morgan fingerprint density at radius 3 is 2.71 bits per heavy atom. The Labute approximate surface area is 129 Å². The average molecular weight is 301 g/mol. The van der Waals surface area contributed by atoms with Gasteiger partial charge in [-0.05, 0) is 56.9 Å². The van der Waals surface area contributed by atoms with E-state index in [-0.39, 0.29) is 5.78 Å². The molecule has 2 heterocycles. The summed E-state index contributed by atoms with van der Waals surface area (Å²) in [5, 5.41) is 0.455. The normalized spacial score (nSPS) is 21.2. The number of aromatic nitrogens is 2. The van der Waals surface area contributed by atoms with E-state index in [2.05, 4.69) is 9.97 Å². The molecule has 21 heavy (non-hydrogen) atoms. The highest BCUT2D eigenvalue weighted by Gasteiger charge is 2.42. The van der Waals surface area contributed by atoms with Crippen molar-refractivity contribution in [2.24, 2.45) is 0 Å². The molecule has 1 aliphatic rings. The molecular formula is C17H17ClN2O. The summed E-state index contributed by atoms with van der Waals surface area (Å²) >= 11 is 6.00. The van der Waals surface area contributed by atoms with Crippen molar-refractivity contribution in [3.8, 4) is 0 Å². The summed E-state index contributed by atoms with van der Waals surface area (Å²) in [6.07, 6.45) is 3.27. The van der Waals surface area contributed by atoms with E-state index >= 15 is 0 Å². The third-order valence-corrected chi connectivity index (χ3v) is 4.52. The maximum atomic E-state index is 13.0. The minimum absolute atomic E-state index is 0.0989. The first-order valence-electron chi connectivity index (χ1n) is 7.06. The molecule has 0 saturated carbocycles. The van der Waals surface area contributed by atoms with Crippen LogP contribution in [-0.2, 0) is 11.8 Å². The molecule has 0 N–H and O–H groups in total. The fourth-order valence-corrected chi connectivity index (χ4v) is 3.25. The van der Waals surface area contributed by atoms with Crippen LogP contribution < -0.4 is 0 Å². The highest BCUT2D eigenvalue weighted by atomic mass is 35.5. The SMILES string of the molecule is Cc1ccc(C2(C)CCc3nc(Cl)cc(C)c3C2=O)nc1. The first kappa shape index (κ1) is 14.2. The number of fused-ring (bicyclic) bond motifs is 1. The first-order valence-corrected chi connectivity index (χ1v) is 7.43. The second kappa shape index (κ2) is 4.92. The van der Waals surface area contributed by atoms with Gasteiger partial charge in [0, 0.05) is 11.8 Å². The van der Waals surface area contributed by atoms with Crippen LogP contribution in [0.1, 0.15) is 46.2 Å².